The van der Waals surface area contributed by atoms with E-state index in [0.717, 1.165) is 5.56 Å². The van der Waals surface area contributed by atoms with Crippen molar-refractivity contribution >= 4 is 46.4 Å². The number of thioether (sulfide) groups is 1. The first-order chi connectivity index (χ1) is 12.5. The lowest BCUT2D eigenvalue weighted by Gasteiger charge is -2.16. The van der Waals surface area contributed by atoms with Crippen molar-refractivity contribution in [3.05, 3.63) is 40.9 Å². The highest BCUT2D eigenvalue weighted by Crippen LogP contribution is 2.31. The van der Waals surface area contributed by atoms with Gasteiger partial charge in [0.1, 0.15) is 11.8 Å². The van der Waals surface area contributed by atoms with E-state index < -0.39 is 11.4 Å². The molecule has 0 saturated heterocycles. The minimum absolute atomic E-state index is 0.0950. The molecule has 8 nitrogen and oxygen atoms in total. The molecule has 2 rings (SSSR count). The first-order valence-corrected chi connectivity index (χ1v) is 9.98. The molecule has 142 valence electrons. The van der Waals surface area contributed by atoms with Gasteiger partial charge >= 0.3 is 11.4 Å². The highest BCUT2D eigenvalue weighted by Gasteiger charge is 2.15. The summed E-state index contributed by atoms with van der Waals surface area (Å²) in [6.07, 6.45) is 0. The van der Waals surface area contributed by atoms with Crippen LogP contribution in [-0.2, 0) is 21.3 Å². The molecule has 1 unspecified atom stereocenters. The van der Waals surface area contributed by atoms with Gasteiger partial charge in [-0.25, -0.2) is 14.2 Å². The van der Waals surface area contributed by atoms with Crippen LogP contribution in [0.5, 0.6) is 0 Å². The van der Waals surface area contributed by atoms with Gasteiger partial charge in [0.2, 0.25) is 0 Å². The molecule has 2 aromatic rings. The topological polar surface area (TPSA) is 117 Å². The van der Waals surface area contributed by atoms with E-state index in [4.69, 9.17) is 16.2 Å². The molecule has 0 bridgehead atoms. The second kappa shape index (κ2) is 10.7. The molecule has 0 aliphatic carbocycles. The Balaban J connectivity index is 2.18. The quantitative estimate of drug-likeness (QED) is 0.200. The van der Waals surface area contributed by atoms with E-state index in [0.29, 0.717) is 16.7 Å². The molecule has 1 aromatic carbocycles. The van der Waals surface area contributed by atoms with Crippen LogP contribution in [0.25, 0.3) is 0 Å². The summed E-state index contributed by atoms with van der Waals surface area (Å²) in [5.74, 6) is 1.27. The zero-order chi connectivity index (χ0) is 18.9. The molecule has 26 heavy (non-hydrogen) atoms. The van der Waals surface area contributed by atoms with Gasteiger partial charge in [0, 0.05) is 11.8 Å². The van der Waals surface area contributed by atoms with Gasteiger partial charge in [-0.2, -0.15) is 4.21 Å². The third kappa shape index (κ3) is 6.71. The first kappa shape index (κ1) is 20.9. The fourth-order valence-corrected chi connectivity index (χ4v) is 3.02. The van der Waals surface area contributed by atoms with Gasteiger partial charge in [0.15, 0.2) is 16.8 Å². The molecule has 0 saturated carbocycles. The molecule has 0 fully saturated rings. The van der Waals surface area contributed by atoms with Crippen molar-refractivity contribution < 1.29 is 18.1 Å². The summed E-state index contributed by atoms with van der Waals surface area (Å²) in [6, 6.07) is 9.59. The first-order valence-electron chi connectivity index (χ1n) is 7.59. The summed E-state index contributed by atoms with van der Waals surface area (Å²) in [7, 11) is 0. The highest BCUT2D eigenvalue weighted by molar-refractivity contribution is 7.98. The van der Waals surface area contributed by atoms with Crippen molar-refractivity contribution in [1.29, 1.82) is 0 Å². The third-order valence-corrected chi connectivity index (χ3v) is 4.69. The Morgan fingerprint density at radius 1 is 1.31 bits per heavy atom. The van der Waals surface area contributed by atoms with Crippen LogP contribution in [-0.4, -0.2) is 43.2 Å². The van der Waals surface area contributed by atoms with Gasteiger partial charge in [-0.3, -0.25) is 4.55 Å². The van der Waals surface area contributed by atoms with Crippen molar-refractivity contribution in [2.45, 2.75) is 23.9 Å². The molecule has 0 aliphatic heterocycles. The number of halogens is 1. The van der Waals surface area contributed by atoms with Crippen LogP contribution in [0, 0.1) is 0 Å². The van der Waals surface area contributed by atoms with Gasteiger partial charge in [0.05, 0.1) is 6.61 Å². The molecule has 0 aliphatic rings. The Labute approximate surface area is 163 Å². The predicted molar refractivity (Wildman–Crippen MR) is 104 cm³/mol. The molecule has 1 aromatic heterocycles. The Bertz CT molecular complexity index is 739. The molecular formula is C15H19ClN4O4S2. The van der Waals surface area contributed by atoms with Crippen LogP contribution in [0.3, 0.4) is 0 Å². The van der Waals surface area contributed by atoms with Gasteiger partial charge in [0.25, 0.3) is 0 Å². The van der Waals surface area contributed by atoms with Crippen molar-refractivity contribution in [2.75, 3.05) is 24.0 Å². The Morgan fingerprint density at radius 2 is 2.00 bits per heavy atom. The smallest absolute Gasteiger partial charge is 0.303 e. The maximum Gasteiger partial charge on any atom is 0.303 e. The van der Waals surface area contributed by atoms with Crippen LogP contribution >= 0.6 is 23.4 Å². The summed E-state index contributed by atoms with van der Waals surface area (Å²) in [5, 5.41) is 15.6. The third-order valence-electron chi connectivity index (χ3n) is 3.10. The zero-order valence-corrected chi connectivity index (χ0v) is 16.3. The largest absolute Gasteiger partial charge is 0.394 e. The summed E-state index contributed by atoms with van der Waals surface area (Å²) >= 11 is 5.29. The van der Waals surface area contributed by atoms with E-state index in [9.17, 15) is 9.32 Å². The number of nitrogens with one attached hydrogen (secondary N) is 2. The molecule has 0 radical (unpaired) electrons. The van der Waals surface area contributed by atoms with E-state index in [-0.39, 0.29) is 30.2 Å². The minimum atomic E-state index is -2.40. The standard InChI is InChI=1S/C15H19ClN4O4S2/c1-10(7-21)18-14-12(16)13(17-9-24-26(22)23)19-15(20-14)25-8-11-5-3-2-4-6-11/h2-6,10,21H,7-9H2,1H3,(H,22,23)(H2,17,18,19,20)/t10-/m1/s1. The predicted octanol–water partition coefficient (Wildman–Crippen LogP) is 2.74. The maximum absolute atomic E-state index is 10.6. The highest BCUT2D eigenvalue weighted by atomic mass is 35.5. The normalized spacial score (nSPS) is 13.2. The average molecular weight is 419 g/mol. The van der Waals surface area contributed by atoms with E-state index in [1.165, 1.54) is 11.8 Å². The molecule has 0 spiro atoms. The van der Waals surface area contributed by atoms with Crippen LogP contribution in [0.1, 0.15) is 12.5 Å². The second-order valence-corrected chi connectivity index (χ2v) is 7.17. The van der Waals surface area contributed by atoms with Gasteiger partial charge in [-0.05, 0) is 12.5 Å². The van der Waals surface area contributed by atoms with E-state index in [1.54, 1.807) is 6.92 Å². The van der Waals surface area contributed by atoms with Gasteiger partial charge in [-0.1, -0.05) is 53.7 Å². The molecule has 0 amide bonds. The average Bonchev–Trinajstić information content (AvgIpc) is 2.63. The van der Waals surface area contributed by atoms with Crippen molar-refractivity contribution in [3.8, 4) is 0 Å². The number of hydrogen-bond acceptors (Lipinski definition) is 8. The lowest BCUT2D eigenvalue weighted by Crippen LogP contribution is -2.21. The van der Waals surface area contributed by atoms with Crippen LogP contribution < -0.4 is 10.6 Å². The van der Waals surface area contributed by atoms with Crippen LogP contribution in [0.2, 0.25) is 5.02 Å². The summed E-state index contributed by atoms with van der Waals surface area (Å²) in [4.78, 5) is 8.71. The number of aliphatic hydroxyl groups excluding tert-OH is 1. The molecule has 2 atom stereocenters. The fraction of sp³-hybridized carbons (Fsp3) is 0.333. The summed E-state index contributed by atoms with van der Waals surface area (Å²) in [6.45, 7) is 1.43. The van der Waals surface area contributed by atoms with Gasteiger partial charge in [-0.15, -0.1) is 0 Å². The van der Waals surface area contributed by atoms with Crippen molar-refractivity contribution in [2.24, 2.45) is 0 Å². The molecule has 4 N–H and O–H groups in total. The van der Waals surface area contributed by atoms with E-state index in [2.05, 4.69) is 24.8 Å². The minimum Gasteiger partial charge on any atom is -0.394 e. The summed E-state index contributed by atoms with van der Waals surface area (Å²) < 4.78 is 23.8. The molecule has 1 heterocycles. The monoisotopic (exact) mass is 418 g/mol. The second-order valence-electron chi connectivity index (χ2n) is 5.18. The zero-order valence-electron chi connectivity index (χ0n) is 13.9. The van der Waals surface area contributed by atoms with Crippen molar-refractivity contribution in [1.82, 2.24) is 9.97 Å². The summed E-state index contributed by atoms with van der Waals surface area (Å²) in [5.41, 5.74) is 1.11. The van der Waals surface area contributed by atoms with Crippen molar-refractivity contribution in [3.63, 3.8) is 0 Å². The Morgan fingerprint density at radius 3 is 2.65 bits per heavy atom. The number of aliphatic hydroxyl groups is 1. The number of aromatic nitrogens is 2. The lowest BCUT2D eigenvalue weighted by molar-refractivity contribution is 0.281. The van der Waals surface area contributed by atoms with Gasteiger partial charge < -0.3 is 15.7 Å². The van der Waals surface area contributed by atoms with E-state index >= 15 is 0 Å². The lowest BCUT2D eigenvalue weighted by atomic mass is 10.2. The van der Waals surface area contributed by atoms with E-state index in [1.807, 2.05) is 30.3 Å². The van der Waals surface area contributed by atoms with Crippen LogP contribution in [0.15, 0.2) is 35.5 Å². The number of benzene rings is 1. The molecule has 11 heteroatoms. The number of anilines is 2. The maximum atomic E-state index is 10.6. The molecular weight excluding hydrogens is 400 g/mol. The Hall–Kier alpha value is -1.43. The number of nitrogens with zero attached hydrogens (tertiary/aromatic N) is 2. The van der Waals surface area contributed by atoms with Crippen LogP contribution in [0.4, 0.5) is 11.6 Å². The number of rotatable bonds is 10. The number of hydrogen-bond donors (Lipinski definition) is 4. The fourth-order valence-electron chi connectivity index (χ4n) is 1.85. The Kier molecular flexibility index (Phi) is 8.55. The SMILES string of the molecule is C[C@H](CO)Nc1nc(SCc2ccccc2)nc(NCOS(=O)O)c1Cl.